The van der Waals surface area contributed by atoms with E-state index in [9.17, 15) is 0 Å². The molecule has 1 atom stereocenters. The second-order valence-electron chi connectivity index (χ2n) is 2.59. The third-order valence-electron chi connectivity index (χ3n) is 1.36. The van der Waals surface area contributed by atoms with Crippen LogP contribution in [-0.4, -0.2) is 12.6 Å². The van der Waals surface area contributed by atoms with E-state index < -0.39 is 0 Å². The fraction of sp³-hybridized carbons (Fsp3) is 0.750. The molecular weight excluding hydrogens is 146 g/mol. The normalized spacial score (nSPS) is 13.1. The van der Waals surface area contributed by atoms with Crippen molar-refractivity contribution in [2.24, 2.45) is 0 Å². The summed E-state index contributed by atoms with van der Waals surface area (Å²) in [5.41, 5.74) is 0. The zero-order chi connectivity index (χ0) is 7.98. The maximum absolute atomic E-state index is 5.57. The molecule has 0 saturated carbocycles. The van der Waals surface area contributed by atoms with Crippen molar-refractivity contribution in [3.8, 4) is 0 Å². The number of hydrogen-bond donors (Lipinski definition) is 1. The summed E-state index contributed by atoms with van der Waals surface area (Å²) in [5.74, 6) is 0. The van der Waals surface area contributed by atoms with Gasteiger partial charge in [-0.2, -0.15) is 0 Å². The SMILES string of the molecule is C=C(Cl)CNC(C)CCC. The van der Waals surface area contributed by atoms with Gasteiger partial charge in [-0.25, -0.2) is 0 Å². The van der Waals surface area contributed by atoms with Gasteiger partial charge in [0.25, 0.3) is 0 Å². The lowest BCUT2D eigenvalue weighted by molar-refractivity contribution is 0.534. The van der Waals surface area contributed by atoms with E-state index >= 15 is 0 Å². The molecule has 10 heavy (non-hydrogen) atoms. The van der Waals surface area contributed by atoms with E-state index in [1.807, 2.05) is 0 Å². The van der Waals surface area contributed by atoms with E-state index in [1.54, 1.807) is 0 Å². The average Bonchev–Trinajstić information content (AvgIpc) is 1.85. The highest BCUT2D eigenvalue weighted by molar-refractivity contribution is 6.29. The highest BCUT2D eigenvalue weighted by Gasteiger charge is 1.97. The molecule has 0 heterocycles. The molecule has 0 amide bonds. The minimum atomic E-state index is 0.556. The molecule has 2 heteroatoms. The van der Waals surface area contributed by atoms with E-state index in [4.69, 9.17) is 11.6 Å². The minimum absolute atomic E-state index is 0.556. The smallest absolute Gasteiger partial charge is 0.0309 e. The quantitative estimate of drug-likeness (QED) is 0.654. The minimum Gasteiger partial charge on any atom is -0.309 e. The van der Waals surface area contributed by atoms with E-state index in [2.05, 4.69) is 25.7 Å². The van der Waals surface area contributed by atoms with Gasteiger partial charge in [0.2, 0.25) is 0 Å². The van der Waals surface area contributed by atoms with Crippen molar-refractivity contribution in [1.29, 1.82) is 0 Å². The number of halogens is 1. The van der Waals surface area contributed by atoms with Gasteiger partial charge in [-0.3, -0.25) is 0 Å². The summed E-state index contributed by atoms with van der Waals surface area (Å²) < 4.78 is 0. The Morgan fingerprint density at radius 1 is 1.70 bits per heavy atom. The molecular formula is C8H16ClN. The maximum atomic E-state index is 5.57. The van der Waals surface area contributed by atoms with Crippen molar-refractivity contribution in [3.63, 3.8) is 0 Å². The van der Waals surface area contributed by atoms with Gasteiger partial charge >= 0.3 is 0 Å². The van der Waals surface area contributed by atoms with Gasteiger partial charge in [0.15, 0.2) is 0 Å². The molecule has 0 aliphatic heterocycles. The third-order valence-corrected chi connectivity index (χ3v) is 1.50. The third kappa shape index (κ3) is 6.12. The molecule has 0 radical (unpaired) electrons. The van der Waals surface area contributed by atoms with Crippen LogP contribution in [0.2, 0.25) is 0 Å². The van der Waals surface area contributed by atoms with Crippen molar-refractivity contribution in [1.82, 2.24) is 5.32 Å². The topological polar surface area (TPSA) is 12.0 Å². The molecule has 0 bridgehead atoms. The standard InChI is InChI=1S/C8H16ClN/c1-4-5-8(3)10-6-7(2)9/h8,10H,2,4-6H2,1,3H3. The van der Waals surface area contributed by atoms with Crippen molar-refractivity contribution in [2.75, 3.05) is 6.54 Å². The van der Waals surface area contributed by atoms with Gasteiger partial charge in [-0.05, 0) is 13.3 Å². The summed E-state index contributed by atoms with van der Waals surface area (Å²) in [4.78, 5) is 0. The first-order valence-electron chi connectivity index (χ1n) is 3.73. The number of rotatable bonds is 5. The van der Waals surface area contributed by atoms with Crippen molar-refractivity contribution in [2.45, 2.75) is 32.7 Å². The van der Waals surface area contributed by atoms with E-state index in [1.165, 1.54) is 12.8 Å². The highest BCUT2D eigenvalue weighted by Crippen LogP contribution is 1.98. The Labute approximate surface area is 68.5 Å². The molecule has 0 fully saturated rings. The molecule has 0 aliphatic rings. The van der Waals surface area contributed by atoms with Crippen LogP contribution in [0.5, 0.6) is 0 Å². The van der Waals surface area contributed by atoms with Crippen LogP contribution in [0.25, 0.3) is 0 Å². The van der Waals surface area contributed by atoms with Crippen molar-refractivity contribution in [3.05, 3.63) is 11.6 Å². The first kappa shape index (κ1) is 9.99. The Hall–Kier alpha value is -0.0100. The van der Waals surface area contributed by atoms with Crippen LogP contribution < -0.4 is 5.32 Å². The predicted molar refractivity (Wildman–Crippen MR) is 47.4 cm³/mol. The predicted octanol–water partition coefficient (Wildman–Crippen LogP) is 2.52. The summed E-state index contributed by atoms with van der Waals surface area (Å²) in [5, 5.41) is 3.93. The molecule has 60 valence electrons. The zero-order valence-electron chi connectivity index (χ0n) is 6.78. The highest BCUT2D eigenvalue weighted by atomic mass is 35.5. The summed E-state index contributed by atoms with van der Waals surface area (Å²) in [6.45, 7) is 8.65. The van der Waals surface area contributed by atoms with Crippen molar-refractivity contribution < 1.29 is 0 Å². The fourth-order valence-corrected chi connectivity index (χ4v) is 0.897. The lowest BCUT2D eigenvalue weighted by atomic mass is 10.2. The van der Waals surface area contributed by atoms with Gasteiger partial charge in [0.05, 0.1) is 0 Å². The summed E-state index contributed by atoms with van der Waals surface area (Å²) in [6, 6.07) is 0.556. The second kappa shape index (κ2) is 5.75. The largest absolute Gasteiger partial charge is 0.309 e. The van der Waals surface area contributed by atoms with Crippen LogP contribution >= 0.6 is 11.6 Å². The fourth-order valence-electron chi connectivity index (χ4n) is 0.820. The first-order chi connectivity index (χ1) is 4.66. The first-order valence-corrected chi connectivity index (χ1v) is 4.11. The molecule has 0 aromatic carbocycles. The molecule has 0 aromatic rings. The molecule has 0 rings (SSSR count). The molecule has 1 nitrogen and oxygen atoms in total. The van der Waals surface area contributed by atoms with Crippen LogP contribution in [0, 0.1) is 0 Å². The molecule has 1 N–H and O–H groups in total. The van der Waals surface area contributed by atoms with Gasteiger partial charge in [0.1, 0.15) is 0 Å². The second-order valence-corrected chi connectivity index (χ2v) is 3.12. The molecule has 1 unspecified atom stereocenters. The molecule has 0 aromatic heterocycles. The summed E-state index contributed by atoms with van der Waals surface area (Å²) in [7, 11) is 0. The van der Waals surface area contributed by atoms with E-state index in [-0.39, 0.29) is 0 Å². The van der Waals surface area contributed by atoms with Crippen molar-refractivity contribution >= 4 is 11.6 Å². The lowest BCUT2D eigenvalue weighted by Crippen LogP contribution is -2.26. The van der Waals surface area contributed by atoms with Crippen LogP contribution in [0.1, 0.15) is 26.7 Å². The Kier molecular flexibility index (Phi) is 5.74. The van der Waals surface area contributed by atoms with Crippen LogP contribution in [0.4, 0.5) is 0 Å². The summed E-state index contributed by atoms with van der Waals surface area (Å²) in [6.07, 6.45) is 2.41. The van der Waals surface area contributed by atoms with Gasteiger partial charge in [-0.1, -0.05) is 31.5 Å². The van der Waals surface area contributed by atoms with Crippen LogP contribution in [0.3, 0.4) is 0 Å². The zero-order valence-corrected chi connectivity index (χ0v) is 7.54. The number of hydrogen-bond acceptors (Lipinski definition) is 1. The van der Waals surface area contributed by atoms with Gasteiger partial charge in [-0.15, -0.1) is 0 Å². The Morgan fingerprint density at radius 3 is 2.70 bits per heavy atom. The lowest BCUT2D eigenvalue weighted by Gasteiger charge is -2.10. The van der Waals surface area contributed by atoms with E-state index in [0.29, 0.717) is 11.1 Å². The van der Waals surface area contributed by atoms with Crippen LogP contribution in [-0.2, 0) is 0 Å². The molecule has 0 aliphatic carbocycles. The number of nitrogens with one attached hydrogen (secondary N) is 1. The molecule has 0 saturated heterocycles. The Bertz CT molecular complexity index is 101. The Balaban J connectivity index is 3.21. The monoisotopic (exact) mass is 161 g/mol. The Morgan fingerprint density at radius 2 is 2.30 bits per heavy atom. The van der Waals surface area contributed by atoms with Gasteiger partial charge in [0, 0.05) is 17.6 Å². The van der Waals surface area contributed by atoms with Gasteiger partial charge < -0.3 is 5.32 Å². The maximum Gasteiger partial charge on any atom is 0.0309 e. The molecule has 0 spiro atoms. The van der Waals surface area contributed by atoms with E-state index in [0.717, 1.165) is 6.54 Å². The average molecular weight is 162 g/mol. The summed E-state index contributed by atoms with van der Waals surface area (Å²) >= 11 is 5.57. The van der Waals surface area contributed by atoms with Crippen LogP contribution in [0.15, 0.2) is 11.6 Å².